The third kappa shape index (κ3) is 2.25. The Bertz CT molecular complexity index is 812. The maximum absolute atomic E-state index is 13.9. The average molecular weight is 288 g/mol. The van der Waals surface area contributed by atoms with E-state index in [4.69, 9.17) is 5.73 Å². The fourth-order valence-corrected chi connectivity index (χ4v) is 2.37. The smallest absolute Gasteiger partial charge is 0.194 e. The van der Waals surface area contributed by atoms with E-state index < -0.39 is 23.5 Å². The number of rotatable bonds is 2. The SMILES string of the molecule is NC(c1ccc(F)c(F)c1F)c1cccc2cnccc12. The van der Waals surface area contributed by atoms with Gasteiger partial charge >= 0.3 is 0 Å². The number of halogens is 3. The lowest BCUT2D eigenvalue weighted by Gasteiger charge is -2.16. The fraction of sp³-hybridized carbons (Fsp3) is 0.0625. The monoisotopic (exact) mass is 288 g/mol. The molecular weight excluding hydrogens is 277 g/mol. The molecule has 0 saturated heterocycles. The van der Waals surface area contributed by atoms with Crippen LogP contribution < -0.4 is 5.73 Å². The number of aromatic nitrogens is 1. The van der Waals surface area contributed by atoms with E-state index in [9.17, 15) is 13.2 Å². The van der Waals surface area contributed by atoms with Crippen LogP contribution in [0.15, 0.2) is 48.8 Å². The number of nitrogens with zero attached hydrogens (tertiary/aromatic N) is 1. The summed E-state index contributed by atoms with van der Waals surface area (Å²) in [6.45, 7) is 0. The molecular formula is C16H11F3N2. The van der Waals surface area contributed by atoms with E-state index >= 15 is 0 Å². The molecule has 21 heavy (non-hydrogen) atoms. The molecule has 0 aliphatic heterocycles. The molecule has 2 aromatic carbocycles. The van der Waals surface area contributed by atoms with Crippen molar-refractivity contribution in [2.75, 3.05) is 0 Å². The van der Waals surface area contributed by atoms with Crippen LogP contribution in [0.3, 0.4) is 0 Å². The second-order valence-corrected chi connectivity index (χ2v) is 4.69. The van der Waals surface area contributed by atoms with Crippen LogP contribution >= 0.6 is 0 Å². The molecule has 3 rings (SSSR count). The lowest BCUT2D eigenvalue weighted by atomic mass is 9.94. The Balaban J connectivity index is 2.17. The van der Waals surface area contributed by atoms with Crippen LogP contribution in [0.4, 0.5) is 13.2 Å². The largest absolute Gasteiger partial charge is 0.320 e. The predicted octanol–water partition coefficient (Wildman–Crippen LogP) is 3.70. The summed E-state index contributed by atoms with van der Waals surface area (Å²) in [6.07, 6.45) is 3.26. The summed E-state index contributed by atoms with van der Waals surface area (Å²) >= 11 is 0. The Morgan fingerprint density at radius 1 is 0.905 bits per heavy atom. The Labute approximate surface area is 119 Å². The zero-order valence-corrected chi connectivity index (χ0v) is 10.9. The van der Waals surface area contributed by atoms with Crippen LogP contribution in [0.25, 0.3) is 10.8 Å². The van der Waals surface area contributed by atoms with Crippen LogP contribution in [0, 0.1) is 17.5 Å². The van der Waals surface area contributed by atoms with Gasteiger partial charge in [0.1, 0.15) is 0 Å². The van der Waals surface area contributed by atoms with E-state index in [0.717, 1.165) is 16.8 Å². The average Bonchev–Trinajstić information content (AvgIpc) is 2.51. The number of hydrogen-bond acceptors (Lipinski definition) is 2. The molecule has 0 aliphatic rings. The summed E-state index contributed by atoms with van der Waals surface area (Å²) in [5.41, 5.74) is 6.59. The van der Waals surface area contributed by atoms with Gasteiger partial charge in [0.15, 0.2) is 17.5 Å². The molecule has 106 valence electrons. The van der Waals surface area contributed by atoms with Gasteiger partial charge in [-0.1, -0.05) is 24.3 Å². The Kier molecular flexibility index (Phi) is 3.35. The van der Waals surface area contributed by atoms with Crippen molar-refractivity contribution in [3.05, 3.63) is 77.4 Å². The van der Waals surface area contributed by atoms with Crippen molar-refractivity contribution in [1.82, 2.24) is 4.98 Å². The normalized spacial score (nSPS) is 12.6. The first-order valence-corrected chi connectivity index (χ1v) is 6.31. The van der Waals surface area contributed by atoms with Crippen LogP contribution in [0.2, 0.25) is 0 Å². The zero-order valence-electron chi connectivity index (χ0n) is 10.9. The summed E-state index contributed by atoms with van der Waals surface area (Å²) in [4.78, 5) is 4.00. The molecule has 1 heterocycles. The molecule has 1 aromatic heterocycles. The minimum absolute atomic E-state index is 0.0850. The van der Waals surface area contributed by atoms with Gasteiger partial charge in [0.25, 0.3) is 0 Å². The summed E-state index contributed by atoms with van der Waals surface area (Å²) < 4.78 is 40.3. The van der Waals surface area contributed by atoms with Gasteiger partial charge in [-0.3, -0.25) is 4.98 Å². The van der Waals surface area contributed by atoms with Gasteiger partial charge in [0, 0.05) is 23.3 Å². The minimum atomic E-state index is -1.51. The maximum Gasteiger partial charge on any atom is 0.194 e. The van der Waals surface area contributed by atoms with E-state index in [-0.39, 0.29) is 5.56 Å². The molecule has 0 aliphatic carbocycles. The highest BCUT2D eigenvalue weighted by Crippen LogP contribution is 2.29. The number of benzene rings is 2. The van der Waals surface area contributed by atoms with Gasteiger partial charge in [-0.2, -0.15) is 0 Å². The second-order valence-electron chi connectivity index (χ2n) is 4.69. The first-order chi connectivity index (χ1) is 10.1. The Hall–Kier alpha value is -2.40. The highest BCUT2D eigenvalue weighted by Gasteiger charge is 2.20. The van der Waals surface area contributed by atoms with Crippen molar-refractivity contribution >= 4 is 10.8 Å². The maximum atomic E-state index is 13.9. The van der Waals surface area contributed by atoms with Crippen molar-refractivity contribution in [1.29, 1.82) is 0 Å². The van der Waals surface area contributed by atoms with Gasteiger partial charge in [0.05, 0.1) is 6.04 Å². The molecule has 3 aromatic rings. The van der Waals surface area contributed by atoms with Crippen molar-refractivity contribution in [2.24, 2.45) is 5.73 Å². The van der Waals surface area contributed by atoms with Gasteiger partial charge in [-0.15, -0.1) is 0 Å². The number of hydrogen-bond donors (Lipinski definition) is 1. The molecule has 2 nitrogen and oxygen atoms in total. The Morgan fingerprint density at radius 3 is 2.52 bits per heavy atom. The topological polar surface area (TPSA) is 38.9 Å². The third-order valence-electron chi connectivity index (χ3n) is 3.45. The van der Waals surface area contributed by atoms with Crippen molar-refractivity contribution in [2.45, 2.75) is 6.04 Å². The molecule has 0 radical (unpaired) electrons. The number of nitrogens with two attached hydrogens (primary N) is 1. The van der Waals surface area contributed by atoms with Gasteiger partial charge in [-0.25, -0.2) is 13.2 Å². The quantitative estimate of drug-likeness (QED) is 0.730. The van der Waals surface area contributed by atoms with Crippen LogP contribution in [-0.2, 0) is 0 Å². The minimum Gasteiger partial charge on any atom is -0.320 e. The third-order valence-corrected chi connectivity index (χ3v) is 3.45. The molecule has 1 atom stereocenters. The number of fused-ring (bicyclic) bond motifs is 1. The molecule has 0 saturated carbocycles. The molecule has 0 spiro atoms. The second kappa shape index (κ2) is 5.18. The van der Waals surface area contributed by atoms with Gasteiger partial charge < -0.3 is 5.73 Å². The van der Waals surface area contributed by atoms with Crippen molar-refractivity contribution in [3.8, 4) is 0 Å². The standard InChI is InChI=1S/C16H11F3N2/c17-13-5-4-12(14(18)15(13)19)16(20)11-3-1-2-9-8-21-7-6-10(9)11/h1-8,16H,20H2. The lowest BCUT2D eigenvalue weighted by Crippen LogP contribution is -2.15. The van der Waals surface area contributed by atoms with E-state index in [1.807, 2.05) is 6.07 Å². The molecule has 0 bridgehead atoms. The van der Waals surface area contributed by atoms with E-state index in [0.29, 0.717) is 5.56 Å². The first kappa shape index (κ1) is 13.6. The van der Waals surface area contributed by atoms with Gasteiger partial charge in [0.2, 0.25) is 0 Å². The van der Waals surface area contributed by atoms with Crippen molar-refractivity contribution < 1.29 is 13.2 Å². The predicted molar refractivity (Wildman–Crippen MR) is 74.1 cm³/mol. The van der Waals surface area contributed by atoms with E-state index in [2.05, 4.69) is 4.98 Å². The van der Waals surface area contributed by atoms with Gasteiger partial charge in [-0.05, 0) is 23.1 Å². The van der Waals surface area contributed by atoms with E-state index in [1.165, 1.54) is 6.07 Å². The summed E-state index contributed by atoms with van der Waals surface area (Å²) in [5, 5.41) is 1.64. The molecule has 1 unspecified atom stereocenters. The highest BCUT2D eigenvalue weighted by atomic mass is 19.2. The van der Waals surface area contributed by atoms with Crippen LogP contribution in [-0.4, -0.2) is 4.98 Å². The van der Waals surface area contributed by atoms with Crippen LogP contribution in [0.1, 0.15) is 17.2 Å². The van der Waals surface area contributed by atoms with Crippen molar-refractivity contribution in [3.63, 3.8) is 0 Å². The zero-order chi connectivity index (χ0) is 15.0. The van der Waals surface area contributed by atoms with E-state index in [1.54, 1.807) is 30.6 Å². The first-order valence-electron chi connectivity index (χ1n) is 6.31. The fourth-order valence-electron chi connectivity index (χ4n) is 2.37. The van der Waals surface area contributed by atoms with Crippen LogP contribution in [0.5, 0.6) is 0 Å². The molecule has 0 fully saturated rings. The lowest BCUT2D eigenvalue weighted by molar-refractivity contribution is 0.438. The molecule has 5 heteroatoms. The molecule has 0 amide bonds. The summed E-state index contributed by atoms with van der Waals surface area (Å²) in [5.74, 6) is -4.00. The number of pyridine rings is 1. The molecule has 2 N–H and O–H groups in total. The summed E-state index contributed by atoms with van der Waals surface area (Å²) in [7, 11) is 0. The highest BCUT2D eigenvalue weighted by molar-refractivity contribution is 5.85. The Morgan fingerprint density at radius 2 is 1.71 bits per heavy atom. The summed E-state index contributed by atoms with van der Waals surface area (Å²) in [6, 6.07) is 8.23.